The van der Waals surface area contributed by atoms with Gasteiger partial charge in [0.25, 0.3) is 0 Å². The van der Waals surface area contributed by atoms with E-state index in [-0.39, 0.29) is 25.0 Å². The van der Waals surface area contributed by atoms with Gasteiger partial charge in [-0.3, -0.25) is 10.1 Å². The molecule has 1 aliphatic rings. The first-order chi connectivity index (χ1) is 13.0. The Labute approximate surface area is 170 Å². The highest BCUT2D eigenvalue weighted by Gasteiger charge is 2.30. The normalized spacial score (nSPS) is 16.0. The maximum Gasteiger partial charge on any atom is 0.229 e. The molecule has 1 aromatic heterocycles. The largest absolute Gasteiger partial charge is 0.489 e. The number of carbonyl (C=O) groups excluding carboxylic acids is 1. The molecule has 138 valence electrons. The van der Waals surface area contributed by atoms with Crippen LogP contribution in [0.2, 0.25) is 15.1 Å². The van der Waals surface area contributed by atoms with Gasteiger partial charge in [0.1, 0.15) is 18.7 Å². The van der Waals surface area contributed by atoms with Gasteiger partial charge in [0, 0.05) is 10.6 Å². The fraction of sp³-hybridized carbons (Fsp3) is 0.167. The van der Waals surface area contributed by atoms with Crippen LogP contribution in [0, 0.1) is 0 Å². The van der Waals surface area contributed by atoms with Crippen LogP contribution in [-0.2, 0) is 11.4 Å². The number of nitrogens with one attached hydrogen (secondary N) is 1. The second-order valence-corrected chi connectivity index (χ2v) is 7.27. The van der Waals surface area contributed by atoms with Gasteiger partial charge in [-0.2, -0.15) is 10.1 Å². The molecule has 2 heterocycles. The van der Waals surface area contributed by atoms with Crippen LogP contribution >= 0.6 is 34.8 Å². The molecule has 1 N–H and O–H groups in total. The van der Waals surface area contributed by atoms with Crippen LogP contribution in [0.3, 0.4) is 0 Å². The molecule has 6 nitrogen and oxygen atoms in total. The van der Waals surface area contributed by atoms with E-state index >= 15 is 0 Å². The molecule has 0 saturated heterocycles. The van der Waals surface area contributed by atoms with Gasteiger partial charge in [-0.1, -0.05) is 40.9 Å². The zero-order chi connectivity index (χ0) is 19.0. The number of rotatable bonds is 4. The Kier molecular flexibility index (Phi) is 4.95. The van der Waals surface area contributed by atoms with Gasteiger partial charge in [-0.15, -0.1) is 0 Å². The first-order valence-corrected chi connectivity index (χ1v) is 9.20. The Balaban J connectivity index is 1.65. The first-order valence-electron chi connectivity index (χ1n) is 8.07. The number of halogens is 3. The lowest BCUT2D eigenvalue weighted by molar-refractivity contribution is -0.117. The molecule has 27 heavy (non-hydrogen) atoms. The van der Waals surface area contributed by atoms with Crippen LogP contribution < -0.4 is 10.1 Å². The SMILES string of the molecule is O=C1C[C@@H](c2cc(Cl)ccc2OCc2ccc(Cl)c(Cl)c2)n2ncnc2N1. The molecule has 0 bridgehead atoms. The van der Waals surface area contributed by atoms with Crippen molar-refractivity contribution in [1.29, 1.82) is 0 Å². The second kappa shape index (κ2) is 7.38. The molecule has 0 fully saturated rings. The number of amides is 1. The van der Waals surface area contributed by atoms with Gasteiger partial charge in [0.15, 0.2) is 0 Å². The number of nitrogens with zero attached hydrogens (tertiary/aromatic N) is 3. The lowest BCUT2D eigenvalue weighted by atomic mass is 10.0. The summed E-state index contributed by atoms with van der Waals surface area (Å²) in [5, 5.41) is 8.40. The number of hydrogen-bond donors (Lipinski definition) is 1. The Hall–Kier alpha value is -2.28. The molecular formula is C18H13Cl3N4O2. The molecule has 0 aliphatic carbocycles. The maximum atomic E-state index is 12.1. The number of hydrogen-bond acceptors (Lipinski definition) is 4. The predicted octanol–water partition coefficient (Wildman–Crippen LogP) is 4.75. The van der Waals surface area contributed by atoms with E-state index in [1.807, 2.05) is 6.07 Å². The predicted molar refractivity (Wildman–Crippen MR) is 104 cm³/mol. The molecule has 0 radical (unpaired) electrons. The van der Waals surface area contributed by atoms with E-state index in [1.165, 1.54) is 6.33 Å². The van der Waals surface area contributed by atoms with E-state index in [2.05, 4.69) is 15.4 Å². The van der Waals surface area contributed by atoms with Crippen LogP contribution in [0.5, 0.6) is 5.75 Å². The van der Waals surface area contributed by atoms with Crippen molar-refractivity contribution in [2.75, 3.05) is 5.32 Å². The molecule has 4 rings (SSSR count). The zero-order valence-corrected chi connectivity index (χ0v) is 16.1. The van der Waals surface area contributed by atoms with E-state index in [1.54, 1.807) is 35.0 Å². The molecule has 1 amide bonds. The first kappa shape index (κ1) is 18.1. The van der Waals surface area contributed by atoms with Gasteiger partial charge in [0.05, 0.1) is 22.5 Å². The van der Waals surface area contributed by atoms with Crippen molar-refractivity contribution >= 4 is 46.7 Å². The Bertz CT molecular complexity index is 1020. The number of benzene rings is 2. The summed E-state index contributed by atoms with van der Waals surface area (Å²) in [6, 6.07) is 10.2. The molecule has 0 saturated carbocycles. The summed E-state index contributed by atoms with van der Waals surface area (Å²) >= 11 is 18.2. The van der Waals surface area contributed by atoms with E-state index in [0.717, 1.165) is 11.1 Å². The molecular weight excluding hydrogens is 411 g/mol. The number of fused-ring (bicyclic) bond motifs is 1. The third-order valence-electron chi connectivity index (χ3n) is 4.21. The minimum absolute atomic E-state index is 0.143. The standard InChI is InChI=1S/C18H13Cl3N4O2/c19-11-2-4-16(27-8-10-1-3-13(20)14(21)5-10)12(6-11)15-7-17(26)24-18-22-9-23-25(15)18/h1-6,9,15H,7-8H2,(H,22,23,24,26)/t15-/m0/s1. The van der Waals surface area contributed by atoms with E-state index in [4.69, 9.17) is 39.5 Å². The number of aromatic nitrogens is 3. The van der Waals surface area contributed by atoms with Crippen LogP contribution in [0.4, 0.5) is 5.95 Å². The number of carbonyl (C=O) groups is 1. The third kappa shape index (κ3) is 3.74. The zero-order valence-electron chi connectivity index (χ0n) is 13.8. The van der Waals surface area contributed by atoms with Crippen molar-refractivity contribution in [3.05, 3.63) is 68.9 Å². The third-order valence-corrected chi connectivity index (χ3v) is 5.18. The topological polar surface area (TPSA) is 69.0 Å². The van der Waals surface area contributed by atoms with Crippen molar-refractivity contribution in [2.24, 2.45) is 0 Å². The lowest BCUT2D eigenvalue weighted by Crippen LogP contribution is -2.29. The lowest BCUT2D eigenvalue weighted by Gasteiger charge is -2.25. The minimum Gasteiger partial charge on any atom is -0.489 e. The highest BCUT2D eigenvalue weighted by atomic mass is 35.5. The molecule has 3 aromatic rings. The summed E-state index contributed by atoms with van der Waals surface area (Å²) in [6.45, 7) is 0.286. The fourth-order valence-electron chi connectivity index (χ4n) is 2.95. The molecule has 2 aromatic carbocycles. The van der Waals surface area contributed by atoms with Crippen LogP contribution in [0.15, 0.2) is 42.7 Å². The smallest absolute Gasteiger partial charge is 0.229 e. The van der Waals surface area contributed by atoms with Crippen LogP contribution in [0.1, 0.15) is 23.6 Å². The Morgan fingerprint density at radius 1 is 1.15 bits per heavy atom. The van der Waals surface area contributed by atoms with E-state index in [0.29, 0.717) is 26.8 Å². The highest BCUT2D eigenvalue weighted by Crippen LogP contribution is 2.36. The summed E-state index contributed by atoms with van der Waals surface area (Å²) in [4.78, 5) is 16.1. The summed E-state index contributed by atoms with van der Waals surface area (Å²) in [5.74, 6) is 0.856. The Morgan fingerprint density at radius 2 is 2.00 bits per heavy atom. The van der Waals surface area contributed by atoms with Crippen molar-refractivity contribution in [1.82, 2.24) is 14.8 Å². The van der Waals surface area contributed by atoms with Gasteiger partial charge in [-0.25, -0.2) is 4.68 Å². The summed E-state index contributed by atoms with van der Waals surface area (Å²) in [7, 11) is 0. The van der Waals surface area contributed by atoms with E-state index < -0.39 is 0 Å². The molecule has 0 unspecified atom stereocenters. The summed E-state index contributed by atoms with van der Waals surface area (Å²) < 4.78 is 7.65. The number of ether oxygens (including phenoxy) is 1. The highest BCUT2D eigenvalue weighted by molar-refractivity contribution is 6.42. The summed E-state index contributed by atoms with van der Waals surface area (Å²) in [6.07, 6.45) is 1.61. The minimum atomic E-state index is -0.362. The van der Waals surface area contributed by atoms with Crippen LogP contribution in [-0.4, -0.2) is 20.7 Å². The van der Waals surface area contributed by atoms with Gasteiger partial charge in [0.2, 0.25) is 11.9 Å². The van der Waals surface area contributed by atoms with Crippen molar-refractivity contribution < 1.29 is 9.53 Å². The number of anilines is 1. The van der Waals surface area contributed by atoms with Crippen molar-refractivity contribution in [3.63, 3.8) is 0 Å². The van der Waals surface area contributed by atoms with E-state index in [9.17, 15) is 4.79 Å². The molecule has 1 atom stereocenters. The van der Waals surface area contributed by atoms with Gasteiger partial charge < -0.3 is 4.74 Å². The second-order valence-electron chi connectivity index (χ2n) is 6.02. The van der Waals surface area contributed by atoms with Gasteiger partial charge in [-0.05, 0) is 35.9 Å². The van der Waals surface area contributed by atoms with Crippen LogP contribution in [0.25, 0.3) is 0 Å². The average molecular weight is 424 g/mol. The van der Waals surface area contributed by atoms with Crippen molar-refractivity contribution in [3.8, 4) is 5.75 Å². The molecule has 9 heteroatoms. The van der Waals surface area contributed by atoms with Gasteiger partial charge >= 0.3 is 0 Å². The quantitative estimate of drug-likeness (QED) is 0.657. The monoisotopic (exact) mass is 422 g/mol. The molecule has 1 aliphatic heterocycles. The Morgan fingerprint density at radius 3 is 2.81 bits per heavy atom. The fourth-order valence-corrected chi connectivity index (χ4v) is 3.45. The average Bonchev–Trinajstić information content (AvgIpc) is 3.11. The maximum absolute atomic E-state index is 12.1. The molecule has 0 spiro atoms. The van der Waals surface area contributed by atoms with Crippen molar-refractivity contribution in [2.45, 2.75) is 19.1 Å². The summed E-state index contributed by atoms with van der Waals surface area (Å²) in [5.41, 5.74) is 1.62.